The predicted octanol–water partition coefficient (Wildman–Crippen LogP) is 1.26. The number of hydrogen-bond acceptors (Lipinski definition) is 3. The van der Waals surface area contributed by atoms with E-state index in [2.05, 4.69) is 10.3 Å². The Morgan fingerprint density at radius 1 is 1.59 bits per heavy atom. The summed E-state index contributed by atoms with van der Waals surface area (Å²) in [6.45, 7) is 2.01. The summed E-state index contributed by atoms with van der Waals surface area (Å²) >= 11 is 0. The molecule has 0 bridgehead atoms. The fourth-order valence-corrected chi connectivity index (χ4v) is 1.79. The smallest absolute Gasteiger partial charge is 0.271 e. The Morgan fingerprint density at radius 2 is 2.35 bits per heavy atom. The van der Waals surface area contributed by atoms with E-state index in [-0.39, 0.29) is 5.91 Å². The maximum atomic E-state index is 11.7. The highest BCUT2D eigenvalue weighted by molar-refractivity contribution is 5.99. The van der Waals surface area contributed by atoms with Gasteiger partial charge in [0.15, 0.2) is 5.69 Å². The molecule has 0 unspecified atom stereocenters. The molecular weight excluding hydrogens is 218 g/mol. The van der Waals surface area contributed by atoms with E-state index >= 15 is 0 Å². The zero-order chi connectivity index (χ0) is 12.4. The number of nitrogens with zero attached hydrogens (tertiary/aromatic N) is 2. The number of methoxy groups -OCH3 is 1. The molecule has 0 aliphatic carbocycles. The Hall–Kier alpha value is -2.04. The highest BCUT2D eigenvalue weighted by atomic mass is 16.5. The molecule has 0 spiro atoms. The number of aryl methyl sites for hydroxylation is 1. The third kappa shape index (κ3) is 1.84. The minimum atomic E-state index is -0.185. The van der Waals surface area contributed by atoms with E-state index in [1.165, 1.54) is 0 Å². The Morgan fingerprint density at radius 3 is 2.94 bits per heavy atom. The molecule has 5 nitrogen and oxygen atoms in total. The van der Waals surface area contributed by atoms with Gasteiger partial charge in [-0.05, 0) is 6.07 Å². The van der Waals surface area contributed by atoms with Gasteiger partial charge >= 0.3 is 0 Å². The number of rotatable bonds is 3. The van der Waals surface area contributed by atoms with Crippen LogP contribution in [0.4, 0.5) is 0 Å². The van der Waals surface area contributed by atoms with Gasteiger partial charge in [-0.1, -0.05) is 6.92 Å². The van der Waals surface area contributed by atoms with Crippen molar-refractivity contribution in [3.05, 3.63) is 29.8 Å². The molecule has 0 aliphatic heterocycles. The van der Waals surface area contributed by atoms with Crippen LogP contribution < -0.4 is 10.1 Å². The molecule has 0 radical (unpaired) electrons. The third-order valence-corrected chi connectivity index (χ3v) is 2.68. The molecule has 2 heterocycles. The average Bonchev–Trinajstić information content (AvgIpc) is 2.75. The number of nitrogens with one attached hydrogen (secondary N) is 1. The zero-order valence-electron chi connectivity index (χ0n) is 10.2. The lowest BCUT2D eigenvalue weighted by molar-refractivity contribution is 0.0960. The van der Waals surface area contributed by atoms with Gasteiger partial charge in [0.25, 0.3) is 5.91 Å². The van der Waals surface area contributed by atoms with E-state index in [0.717, 1.165) is 17.8 Å². The van der Waals surface area contributed by atoms with Crippen LogP contribution >= 0.6 is 0 Å². The van der Waals surface area contributed by atoms with Crippen molar-refractivity contribution >= 4 is 11.4 Å². The summed E-state index contributed by atoms with van der Waals surface area (Å²) in [6.07, 6.45) is 2.64. The van der Waals surface area contributed by atoms with Crippen molar-refractivity contribution in [2.75, 3.05) is 14.2 Å². The first-order chi connectivity index (χ1) is 8.21. The standard InChI is InChI=1S/C12H15N3O2/c1-4-10-14-11(12(16)13-2)9-7-8(17-3)5-6-15(9)10/h5-7H,4H2,1-3H3,(H,13,16). The zero-order valence-corrected chi connectivity index (χ0v) is 10.2. The molecule has 2 rings (SSSR count). The van der Waals surface area contributed by atoms with Gasteiger partial charge in [0, 0.05) is 25.7 Å². The second-order valence-electron chi connectivity index (χ2n) is 3.63. The van der Waals surface area contributed by atoms with Crippen molar-refractivity contribution in [2.45, 2.75) is 13.3 Å². The Kier molecular flexibility index (Phi) is 2.99. The molecule has 0 atom stereocenters. The molecule has 5 heteroatoms. The van der Waals surface area contributed by atoms with Crippen LogP contribution in [-0.4, -0.2) is 29.4 Å². The third-order valence-electron chi connectivity index (χ3n) is 2.68. The number of aromatic nitrogens is 2. The number of fused-ring (bicyclic) bond motifs is 1. The summed E-state index contributed by atoms with van der Waals surface area (Å²) in [4.78, 5) is 16.1. The topological polar surface area (TPSA) is 55.6 Å². The molecule has 0 saturated heterocycles. The number of imidazole rings is 1. The summed E-state index contributed by atoms with van der Waals surface area (Å²) in [7, 11) is 3.20. The number of hydrogen-bond donors (Lipinski definition) is 1. The van der Waals surface area contributed by atoms with E-state index in [9.17, 15) is 4.79 Å². The van der Waals surface area contributed by atoms with Crippen LogP contribution in [0.1, 0.15) is 23.2 Å². The van der Waals surface area contributed by atoms with Gasteiger partial charge in [0.2, 0.25) is 0 Å². The maximum Gasteiger partial charge on any atom is 0.271 e. The van der Waals surface area contributed by atoms with E-state index in [4.69, 9.17) is 4.74 Å². The number of carbonyl (C=O) groups excluding carboxylic acids is 1. The van der Waals surface area contributed by atoms with Crippen LogP contribution in [0, 0.1) is 0 Å². The van der Waals surface area contributed by atoms with Gasteiger partial charge in [-0.3, -0.25) is 4.79 Å². The van der Waals surface area contributed by atoms with Gasteiger partial charge in [-0.2, -0.15) is 0 Å². The lowest BCUT2D eigenvalue weighted by Crippen LogP contribution is -2.18. The summed E-state index contributed by atoms with van der Waals surface area (Å²) in [5.41, 5.74) is 1.20. The first-order valence-corrected chi connectivity index (χ1v) is 5.48. The molecule has 17 heavy (non-hydrogen) atoms. The monoisotopic (exact) mass is 233 g/mol. The molecule has 0 aromatic carbocycles. The minimum Gasteiger partial charge on any atom is -0.497 e. The molecule has 0 fully saturated rings. The molecule has 0 aliphatic rings. The van der Waals surface area contributed by atoms with Gasteiger partial charge < -0.3 is 14.5 Å². The second-order valence-corrected chi connectivity index (χ2v) is 3.63. The van der Waals surface area contributed by atoms with Crippen LogP contribution in [0.25, 0.3) is 5.52 Å². The van der Waals surface area contributed by atoms with E-state index < -0.39 is 0 Å². The SMILES string of the molecule is CCc1nc(C(=O)NC)c2cc(OC)ccn12. The molecule has 1 N–H and O–H groups in total. The number of pyridine rings is 1. The van der Waals surface area contributed by atoms with Gasteiger partial charge in [0.05, 0.1) is 12.6 Å². The number of amides is 1. The van der Waals surface area contributed by atoms with Crippen LogP contribution in [0.5, 0.6) is 5.75 Å². The summed E-state index contributed by atoms with van der Waals surface area (Å²) in [5, 5.41) is 2.59. The first-order valence-electron chi connectivity index (χ1n) is 5.48. The lowest BCUT2D eigenvalue weighted by atomic mass is 10.3. The maximum absolute atomic E-state index is 11.7. The summed E-state index contributed by atoms with van der Waals surface area (Å²) in [5.74, 6) is 1.39. The predicted molar refractivity (Wildman–Crippen MR) is 64.5 cm³/mol. The molecule has 1 amide bonds. The Bertz CT molecular complexity index is 560. The summed E-state index contributed by atoms with van der Waals surface area (Å²) < 4.78 is 7.07. The van der Waals surface area contributed by atoms with Crippen molar-refractivity contribution in [1.82, 2.24) is 14.7 Å². The molecule has 0 saturated carbocycles. The number of ether oxygens (including phenoxy) is 1. The Labute approximate surface area is 99.4 Å². The molecule has 90 valence electrons. The normalized spacial score (nSPS) is 10.5. The minimum absolute atomic E-state index is 0.185. The van der Waals surface area contributed by atoms with Gasteiger partial charge in [-0.15, -0.1) is 0 Å². The highest BCUT2D eigenvalue weighted by Crippen LogP contribution is 2.19. The van der Waals surface area contributed by atoms with Crippen LogP contribution in [0.15, 0.2) is 18.3 Å². The fourth-order valence-electron chi connectivity index (χ4n) is 1.79. The lowest BCUT2D eigenvalue weighted by Gasteiger charge is -2.02. The average molecular weight is 233 g/mol. The van der Waals surface area contributed by atoms with Crippen molar-refractivity contribution in [1.29, 1.82) is 0 Å². The van der Waals surface area contributed by atoms with Gasteiger partial charge in [0.1, 0.15) is 11.6 Å². The van der Waals surface area contributed by atoms with Crippen molar-refractivity contribution in [3.63, 3.8) is 0 Å². The van der Waals surface area contributed by atoms with Crippen LogP contribution in [-0.2, 0) is 6.42 Å². The number of carbonyl (C=O) groups is 1. The Balaban J connectivity index is 2.70. The van der Waals surface area contributed by atoms with E-state index in [0.29, 0.717) is 11.4 Å². The second kappa shape index (κ2) is 4.45. The largest absolute Gasteiger partial charge is 0.497 e. The van der Waals surface area contributed by atoms with E-state index in [1.54, 1.807) is 14.2 Å². The molecule has 2 aromatic heterocycles. The van der Waals surface area contributed by atoms with Crippen LogP contribution in [0.3, 0.4) is 0 Å². The quantitative estimate of drug-likeness (QED) is 0.868. The molecule has 2 aromatic rings. The van der Waals surface area contributed by atoms with Gasteiger partial charge in [-0.25, -0.2) is 4.98 Å². The molecular formula is C12H15N3O2. The van der Waals surface area contributed by atoms with Crippen molar-refractivity contribution in [3.8, 4) is 5.75 Å². The van der Waals surface area contributed by atoms with Crippen molar-refractivity contribution < 1.29 is 9.53 Å². The fraction of sp³-hybridized carbons (Fsp3) is 0.333. The summed E-state index contributed by atoms with van der Waals surface area (Å²) in [6, 6.07) is 3.66. The highest BCUT2D eigenvalue weighted by Gasteiger charge is 2.15. The van der Waals surface area contributed by atoms with Crippen LogP contribution in [0.2, 0.25) is 0 Å². The first kappa shape index (κ1) is 11.4. The van der Waals surface area contributed by atoms with Crippen molar-refractivity contribution in [2.24, 2.45) is 0 Å². The van der Waals surface area contributed by atoms with E-state index in [1.807, 2.05) is 29.7 Å².